The fourth-order valence-electron chi connectivity index (χ4n) is 2.20. The van der Waals surface area contributed by atoms with E-state index in [1.807, 2.05) is 24.3 Å². The van der Waals surface area contributed by atoms with Crippen molar-refractivity contribution in [3.63, 3.8) is 0 Å². The first-order chi connectivity index (χ1) is 11.1. The standard InChI is InChI=1S/C14H6Cl2N4O2S/c15-9-10(16)13(22)20(12(9)21)14-19-8(5-23-14)11-17-6-3-1-2-4-7(6)18-11/h1-5H,(H,17,18). The monoisotopic (exact) mass is 364 g/mol. The molecule has 0 atom stereocenters. The zero-order valence-corrected chi connectivity index (χ0v) is 13.5. The van der Waals surface area contributed by atoms with Crippen LogP contribution < -0.4 is 4.90 Å². The van der Waals surface area contributed by atoms with Crippen LogP contribution in [0.2, 0.25) is 0 Å². The molecule has 3 aromatic rings. The van der Waals surface area contributed by atoms with Crippen molar-refractivity contribution < 1.29 is 9.59 Å². The molecule has 2 aromatic heterocycles. The summed E-state index contributed by atoms with van der Waals surface area (Å²) in [5.41, 5.74) is 2.21. The van der Waals surface area contributed by atoms with Crippen LogP contribution in [0.4, 0.5) is 5.13 Å². The van der Waals surface area contributed by atoms with Crippen LogP contribution in [0.3, 0.4) is 0 Å². The van der Waals surface area contributed by atoms with E-state index in [9.17, 15) is 9.59 Å². The van der Waals surface area contributed by atoms with E-state index in [1.54, 1.807) is 5.38 Å². The highest BCUT2D eigenvalue weighted by Crippen LogP contribution is 2.34. The molecule has 9 heteroatoms. The lowest BCUT2D eigenvalue weighted by atomic mass is 10.3. The fourth-order valence-corrected chi connectivity index (χ4v) is 3.33. The van der Waals surface area contributed by atoms with Gasteiger partial charge in [-0.3, -0.25) is 9.59 Å². The predicted octanol–water partition coefficient (Wildman–Crippen LogP) is 3.25. The Morgan fingerprint density at radius 2 is 1.74 bits per heavy atom. The van der Waals surface area contributed by atoms with Crippen LogP contribution in [0.25, 0.3) is 22.6 Å². The van der Waals surface area contributed by atoms with Gasteiger partial charge >= 0.3 is 0 Å². The summed E-state index contributed by atoms with van der Waals surface area (Å²) in [6.07, 6.45) is 0. The second kappa shape index (κ2) is 5.16. The van der Waals surface area contributed by atoms with Gasteiger partial charge in [0.15, 0.2) is 11.0 Å². The summed E-state index contributed by atoms with van der Waals surface area (Å²) in [4.78, 5) is 36.7. The van der Waals surface area contributed by atoms with E-state index < -0.39 is 11.8 Å². The summed E-state index contributed by atoms with van der Waals surface area (Å²) in [6.45, 7) is 0. The second-order valence-electron chi connectivity index (χ2n) is 4.69. The van der Waals surface area contributed by atoms with E-state index in [1.165, 1.54) is 0 Å². The molecule has 2 amide bonds. The van der Waals surface area contributed by atoms with E-state index in [2.05, 4.69) is 15.0 Å². The maximum absolute atomic E-state index is 12.0. The summed E-state index contributed by atoms with van der Waals surface area (Å²) >= 11 is 12.6. The zero-order chi connectivity index (χ0) is 16.1. The molecule has 1 N–H and O–H groups in total. The van der Waals surface area contributed by atoms with Crippen LogP contribution in [-0.2, 0) is 9.59 Å². The highest BCUT2D eigenvalue weighted by atomic mass is 35.5. The number of benzene rings is 1. The topological polar surface area (TPSA) is 79.0 Å². The van der Waals surface area contributed by atoms with Gasteiger partial charge in [0.2, 0.25) is 0 Å². The SMILES string of the molecule is O=C1C(Cl)=C(Cl)C(=O)N1c1nc(-c2nc3ccccc3[nH]2)cs1. The van der Waals surface area contributed by atoms with Crippen LogP contribution in [-0.4, -0.2) is 26.8 Å². The smallest absolute Gasteiger partial charge is 0.280 e. The van der Waals surface area contributed by atoms with Crippen molar-refractivity contribution in [2.45, 2.75) is 0 Å². The molecule has 0 radical (unpaired) electrons. The number of nitrogens with zero attached hydrogens (tertiary/aromatic N) is 3. The average molecular weight is 365 g/mol. The number of imidazole rings is 1. The van der Waals surface area contributed by atoms with Gasteiger partial charge in [-0.05, 0) is 12.1 Å². The number of amides is 2. The highest BCUT2D eigenvalue weighted by molar-refractivity contribution is 7.14. The fraction of sp³-hybridized carbons (Fsp3) is 0. The minimum atomic E-state index is -0.674. The molecule has 1 aliphatic rings. The van der Waals surface area contributed by atoms with Gasteiger partial charge in [-0.1, -0.05) is 35.3 Å². The molecule has 4 rings (SSSR count). The number of aromatic amines is 1. The van der Waals surface area contributed by atoms with Crippen molar-refractivity contribution in [2.24, 2.45) is 0 Å². The van der Waals surface area contributed by atoms with Gasteiger partial charge < -0.3 is 4.98 Å². The maximum atomic E-state index is 12.0. The van der Waals surface area contributed by atoms with Crippen LogP contribution in [0, 0.1) is 0 Å². The van der Waals surface area contributed by atoms with Gasteiger partial charge in [0.25, 0.3) is 11.8 Å². The van der Waals surface area contributed by atoms with Crippen molar-refractivity contribution in [2.75, 3.05) is 4.90 Å². The molecule has 0 saturated heterocycles. The number of hydrogen-bond acceptors (Lipinski definition) is 5. The third-order valence-electron chi connectivity index (χ3n) is 3.29. The lowest BCUT2D eigenvalue weighted by Crippen LogP contribution is -2.30. The van der Waals surface area contributed by atoms with Gasteiger partial charge in [-0.2, -0.15) is 0 Å². The number of fused-ring (bicyclic) bond motifs is 1. The lowest BCUT2D eigenvalue weighted by molar-refractivity contribution is -0.120. The number of para-hydroxylation sites is 2. The lowest BCUT2D eigenvalue weighted by Gasteiger charge is -2.08. The Bertz CT molecular complexity index is 950. The quantitative estimate of drug-likeness (QED) is 0.707. The first-order valence-corrected chi connectivity index (χ1v) is 8.04. The van der Waals surface area contributed by atoms with Gasteiger partial charge in [-0.15, -0.1) is 11.3 Å². The predicted molar refractivity (Wildman–Crippen MR) is 88.4 cm³/mol. The number of carbonyl (C=O) groups excluding carboxylic acids is 2. The summed E-state index contributed by atoms with van der Waals surface area (Å²) in [6, 6.07) is 7.56. The molecule has 6 nitrogen and oxygen atoms in total. The first kappa shape index (κ1) is 14.4. The van der Waals surface area contributed by atoms with E-state index in [0.29, 0.717) is 11.5 Å². The number of halogens is 2. The number of hydrogen-bond donors (Lipinski definition) is 1. The molecule has 1 aromatic carbocycles. The van der Waals surface area contributed by atoms with Crippen molar-refractivity contribution in [3.05, 3.63) is 39.7 Å². The largest absolute Gasteiger partial charge is 0.337 e. The van der Waals surface area contributed by atoms with Crippen molar-refractivity contribution in [1.29, 1.82) is 0 Å². The Hall–Kier alpha value is -2.22. The Morgan fingerprint density at radius 3 is 2.43 bits per heavy atom. The Morgan fingerprint density at radius 1 is 1.04 bits per heavy atom. The molecular formula is C14H6Cl2N4O2S. The second-order valence-corrected chi connectivity index (χ2v) is 6.28. The Kier molecular flexibility index (Phi) is 3.22. The van der Waals surface area contributed by atoms with Gasteiger partial charge in [-0.25, -0.2) is 14.9 Å². The summed E-state index contributed by atoms with van der Waals surface area (Å²) in [5.74, 6) is -0.794. The van der Waals surface area contributed by atoms with E-state index >= 15 is 0 Å². The molecule has 23 heavy (non-hydrogen) atoms. The van der Waals surface area contributed by atoms with Gasteiger partial charge in [0.1, 0.15) is 15.8 Å². The molecule has 0 fully saturated rings. The van der Waals surface area contributed by atoms with Crippen molar-refractivity contribution in [3.8, 4) is 11.5 Å². The molecule has 114 valence electrons. The Labute approximate surface area is 143 Å². The molecule has 0 spiro atoms. The van der Waals surface area contributed by atoms with Crippen LogP contribution in [0.1, 0.15) is 0 Å². The third kappa shape index (κ3) is 2.16. The van der Waals surface area contributed by atoms with E-state index in [0.717, 1.165) is 27.3 Å². The molecule has 1 aliphatic heterocycles. The molecule has 0 saturated carbocycles. The molecule has 0 unspecified atom stereocenters. The normalized spacial score (nSPS) is 15.3. The third-order valence-corrected chi connectivity index (χ3v) is 4.91. The van der Waals surface area contributed by atoms with Crippen LogP contribution in [0.15, 0.2) is 39.7 Å². The molecule has 3 heterocycles. The molecule has 0 aliphatic carbocycles. The highest BCUT2D eigenvalue weighted by Gasteiger charge is 2.39. The molecule has 0 bridgehead atoms. The first-order valence-electron chi connectivity index (χ1n) is 6.41. The number of imide groups is 1. The number of nitrogens with one attached hydrogen (secondary N) is 1. The molecular weight excluding hydrogens is 359 g/mol. The summed E-state index contributed by atoms with van der Waals surface area (Å²) < 4.78 is 0. The summed E-state index contributed by atoms with van der Waals surface area (Å²) in [7, 11) is 0. The number of anilines is 1. The van der Waals surface area contributed by atoms with Gasteiger partial charge in [0.05, 0.1) is 11.0 Å². The summed E-state index contributed by atoms with van der Waals surface area (Å²) in [5, 5.41) is 1.31. The minimum Gasteiger partial charge on any atom is -0.337 e. The maximum Gasteiger partial charge on any atom is 0.280 e. The van der Waals surface area contributed by atoms with Crippen LogP contribution >= 0.6 is 34.5 Å². The van der Waals surface area contributed by atoms with Crippen molar-refractivity contribution >= 4 is 62.5 Å². The van der Waals surface area contributed by atoms with Crippen LogP contribution in [0.5, 0.6) is 0 Å². The Balaban J connectivity index is 1.73. The average Bonchev–Trinajstić information content (AvgIpc) is 3.23. The number of rotatable bonds is 2. The number of aromatic nitrogens is 3. The van der Waals surface area contributed by atoms with Crippen molar-refractivity contribution in [1.82, 2.24) is 15.0 Å². The van der Waals surface area contributed by atoms with E-state index in [-0.39, 0.29) is 15.2 Å². The van der Waals surface area contributed by atoms with E-state index in [4.69, 9.17) is 23.2 Å². The number of thiazole rings is 1. The minimum absolute atomic E-state index is 0.198. The number of H-pyrrole nitrogens is 1. The van der Waals surface area contributed by atoms with Gasteiger partial charge in [0, 0.05) is 5.38 Å². The zero-order valence-electron chi connectivity index (χ0n) is 11.2. The number of carbonyl (C=O) groups is 2.